The van der Waals surface area contributed by atoms with Gasteiger partial charge in [0.05, 0.1) is 22.8 Å². The lowest BCUT2D eigenvalue weighted by Crippen LogP contribution is -2.64. The van der Waals surface area contributed by atoms with E-state index < -0.39 is 10.0 Å². The second-order valence-electron chi connectivity index (χ2n) is 8.45. The Morgan fingerprint density at radius 1 is 1.00 bits per heavy atom. The minimum absolute atomic E-state index is 0.0793. The second kappa shape index (κ2) is 9.11. The Labute approximate surface area is 189 Å². The van der Waals surface area contributed by atoms with Crippen molar-refractivity contribution in [3.8, 4) is 11.3 Å². The van der Waals surface area contributed by atoms with Crippen LogP contribution in [0.3, 0.4) is 0 Å². The van der Waals surface area contributed by atoms with Gasteiger partial charge in [0.2, 0.25) is 10.0 Å². The first-order chi connectivity index (χ1) is 15.6. The number of fused-ring (bicyclic) bond motifs is 1. The number of pyridine rings is 1. The molecule has 0 bridgehead atoms. The maximum atomic E-state index is 12.4. The van der Waals surface area contributed by atoms with Gasteiger partial charge in [-0.2, -0.15) is 0 Å². The minimum Gasteiger partial charge on any atom is -0.371 e. The van der Waals surface area contributed by atoms with Crippen molar-refractivity contribution in [2.24, 2.45) is 0 Å². The van der Waals surface area contributed by atoms with E-state index >= 15 is 0 Å². The van der Waals surface area contributed by atoms with E-state index in [1.54, 1.807) is 30.3 Å². The van der Waals surface area contributed by atoms with Crippen molar-refractivity contribution in [1.82, 2.24) is 14.6 Å². The van der Waals surface area contributed by atoms with Crippen molar-refractivity contribution in [3.05, 3.63) is 84.6 Å². The van der Waals surface area contributed by atoms with Crippen LogP contribution in [0, 0.1) is 0 Å². The Bertz CT molecular complexity index is 1160. The quantitative estimate of drug-likeness (QED) is 0.598. The van der Waals surface area contributed by atoms with Crippen LogP contribution in [-0.4, -0.2) is 49.6 Å². The van der Waals surface area contributed by atoms with E-state index in [9.17, 15) is 8.42 Å². The van der Waals surface area contributed by atoms with Gasteiger partial charge in [0.1, 0.15) is 0 Å². The fraction of sp³-hybridized carbons (Fsp3) is 0.320. The molecule has 5 rings (SSSR count). The fourth-order valence-electron chi connectivity index (χ4n) is 4.57. The Hall–Kier alpha value is -2.58. The van der Waals surface area contributed by atoms with E-state index in [-0.39, 0.29) is 17.1 Å². The van der Waals surface area contributed by atoms with E-state index in [0.717, 1.165) is 37.2 Å². The number of benzene rings is 2. The van der Waals surface area contributed by atoms with E-state index in [4.69, 9.17) is 4.74 Å². The number of likely N-dealkylation sites (tertiary alicyclic amines) is 1. The molecule has 0 amide bonds. The summed E-state index contributed by atoms with van der Waals surface area (Å²) >= 11 is 0. The summed E-state index contributed by atoms with van der Waals surface area (Å²) < 4.78 is 33.8. The molecule has 3 aromatic rings. The van der Waals surface area contributed by atoms with Crippen LogP contribution in [0.25, 0.3) is 11.3 Å². The third-order valence-electron chi connectivity index (χ3n) is 6.29. The van der Waals surface area contributed by atoms with Crippen LogP contribution in [0.15, 0.2) is 83.9 Å². The Kier molecular flexibility index (Phi) is 6.06. The highest BCUT2D eigenvalue weighted by atomic mass is 32.2. The molecule has 2 aliphatic heterocycles. The van der Waals surface area contributed by atoms with E-state index in [1.165, 1.54) is 5.56 Å². The topological polar surface area (TPSA) is 71.5 Å². The molecule has 6 nitrogen and oxygen atoms in total. The minimum atomic E-state index is -3.50. The molecule has 3 heterocycles. The first-order valence-electron chi connectivity index (χ1n) is 11.0. The number of nitrogens with zero attached hydrogens (tertiary/aromatic N) is 2. The van der Waals surface area contributed by atoms with Gasteiger partial charge in [-0.05, 0) is 48.7 Å². The molecule has 2 fully saturated rings. The number of rotatable bonds is 7. The summed E-state index contributed by atoms with van der Waals surface area (Å²) in [6.45, 7) is 2.07. The average Bonchev–Trinajstić information content (AvgIpc) is 2.83. The molecule has 0 radical (unpaired) electrons. The molecule has 166 valence electrons. The van der Waals surface area contributed by atoms with E-state index in [2.05, 4.69) is 38.9 Å². The van der Waals surface area contributed by atoms with Gasteiger partial charge in [-0.3, -0.25) is 9.88 Å². The summed E-state index contributed by atoms with van der Waals surface area (Å²) in [5.41, 5.74) is 3.38. The van der Waals surface area contributed by atoms with Crippen LogP contribution in [0.1, 0.15) is 18.4 Å². The van der Waals surface area contributed by atoms with Crippen molar-refractivity contribution in [1.29, 1.82) is 0 Å². The van der Waals surface area contributed by atoms with Crippen molar-refractivity contribution < 1.29 is 13.2 Å². The van der Waals surface area contributed by atoms with E-state index in [1.807, 2.05) is 24.4 Å². The Balaban J connectivity index is 1.14. The normalized spacial score (nSPS) is 23.3. The summed E-state index contributed by atoms with van der Waals surface area (Å²) in [5.74, 6) is 0. The monoisotopic (exact) mass is 449 g/mol. The van der Waals surface area contributed by atoms with Crippen LogP contribution in [0.2, 0.25) is 0 Å². The van der Waals surface area contributed by atoms with Gasteiger partial charge < -0.3 is 4.74 Å². The zero-order valence-electron chi connectivity index (χ0n) is 17.8. The molecule has 2 aromatic carbocycles. The average molecular weight is 450 g/mol. The zero-order valence-corrected chi connectivity index (χ0v) is 18.6. The first-order valence-corrected chi connectivity index (χ1v) is 12.5. The van der Waals surface area contributed by atoms with Gasteiger partial charge in [-0.15, -0.1) is 0 Å². The largest absolute Gasteiger partial charge is 0.371 e. The SMILES string of the molecule is O=S(=O)(NC[C@@H]1CC[C@H]2[C@H](CN2Cc2cccc(-c3ccccn3)c2)O1)c1ccccc1. The summed E-state index contributed by atoms with van der Waals surface area (Å²) in [6, 6.07) is 23.4. The molecule has 7 heteroatoms. The molecular formula is C25H27N3O3S. The maximum Gasteiger partial charge on any atom is 0.240 e. The lowest BCUT2D eigenvalue weighted by Gasteiger charge is -2.52. The van der Waals surface area contributed by atoms with Gasteiger partial charge in [-0.25, -0.2) is 13.1 Å². The first kappa shape index (κ1) is 21.3. The second-order valence-corrected chi connectivity index (χ2v) is 10.2. The van der Waals surface area contributed by atoms with Gasteiger partial charge in [0.25, 0.3) is 0 Å². The third-order valence-corrected chi connectivity index (χ3v) is 7.73. The van der Waals surface area contributed by atoms with Gasteiger partial charge >= 0.3 is 0 Å². The Morgan fingerprint density at radius 2 is 1.84 bits per heavy atom. The predicted molar refractivity (Wildman–Crippen MR) is 123 cm³/mol. The van der Waals surface area contributed by atoms with Crippen molar-refractivity contribution >= 4 is 10.0 Å². The highest BCUT2D eigenvalue weighted by Gasteiger charge is 2.43. The highest BCUT2D eigenvalue weighted by Crippen LogP contribution is 2.33. The predicted octanol–water partition coefficient (Wildman–Crippen LogP) is 3.46. The number of ether oxygens (including phenoxy) is 1. The van der Waals surface area contributed by atoms with Gasteiger partial charge in [-0.1, -0.05) is 42.5 Å². The number of sulfonamides is 1. The molecular weight excluding hydrogens is 422 g/mol. The van der Waals surface area contributed by atoms with Crippen LogP contribution >= 0.6 is 0 Å². The lowest BCUT2D eigenvalue weighted by molar-refractivity contribution is -0.168. The third kappa shape index (κ3) is 4.61. The molecule has 2 aliphatic rings. The van der Waals surface area contributed by atoms with Gasteiger partial charge in [0.15, 0.2) is 0 Å². The van der Waals surface area contributed by atoms with Crippen molar-refractivity contribution in [2.45, 2.75) is 42.5 Å². The molecule has 0 unspecified atom stereocenters. The highest BCUT2D eigenvalue weighted by molar-refractivity contribution is 7.89. The van der Waals surface area contributed by atoms with Crippen molar-refractivity contribution in [3.63, 3.8) is 0 Å². The summed E-state index contributed by atoms with van der Waals surface area (Å²) in [7, 11) is -3.50. The molecule has 3 atom stereocenters. The molecule has 0 saturated carbocycles. The molecule has 1 aromatic heterocycles. The Morgan fingerprint density at radius 3 is 2.62 bits per heavy atom. The number of hydrogen-bond donors (Lipinski definition) is 1. The smallest absolute Gasteiger partial charge is 0.240 e. The van der Waals surface area contributed by atoms with Crippen molar-refractivity contribution in [2.75, 3.05) is 13.1 Å². The van der Waals surface area contributed by atoms with Gasteiger partial charge in [0, 0.05) is 37.4 Å². The van der Waals surface area contributed by atoms with E-state index in [0.29, 0.717) is 12.6 Å². The molecule has 0 spiro atoms. The maximum absolute atomic E-state index is 12.4. The molecule has 32 heavy (non-hydrogen) atoms. The number of nitrogens with one attached hydrogen (secondary N) is 1. The molecule has 2 saturated heterocycles. The molecule has 0 aliphatic carbocycles. The van der Waals surface area contributed by atoms with Crippen LogP contribution in [0.5, 0.6) is 0 Å². The number of hydrogen-bond acceptors (Lipinski definition) is 5. The zero-order chi connectivity index (χ0) is 22.0. The molecule has 1 N–H and O–H groups in total. The van der Waals surface area contributed by atoms with Crippen LogP contribution < -0.4 is 4.72 Å². The standard InChI is InChI=1S/C25H27N3O3S/c29-32(30,22-9-2-1-3-10-22)27-16-21-12-13-24-25(31-21)18-28(24)17-19-7-6-8-20(15-19)23-11-4-5-14-26-23/h1-11,14-15,21,24-25,27H,12-13,16-18H2/t21-,24-,25-/m0/s1. The lowest BCUT2D eigenvalue weighted by atomic mass is 9.89. The van der Waals surface area contributed by atoms with Crippen LogP contribution in [-0.2, 0) is 21.3 Å². The number of aromatic nitrogens is 1. The summed E-state index contributed by atoms with van der Waals surface area (Å²) in [4.78, 5) is 7.19. The van der Waals surface area contributed by atoms with Crippen LogP contribution in [0.4, 0.5) is 0 Å². The summed E-state index contributed by atoms with van der Waals surface area (Å²) in [5, 5.41) is 0. The summed E-state index contributed by atoms with van der Waals surface area (Å²) in [6.07, 6.45) is 3.78. The fourth-order valence-corrected chi connectivity index (χ4v) is 5.66.